The first kappa shape index (κ1) is 46.5. The maximum Gasteiger partial charge on any atom is 0.141 e. The van der Waals surface area contributed by atoms with E-state index in [0.717, 1.165) is 88.1 Å². The molecule has 0 saturated carbocycles. The molecule has 79 heavy (non-hydrogen) atoms. The van der Waals surface area contributed by atoms with Gasteiger partial charge in [0.1, 0.15) is 11.2 Å². The fourth-order valence-electron chi connectivity index (χ4n) is 13.5. The lowest BCUT2D eigenvalue weighted by molar-refractivity contribution is 0.127. The van der Waals surface area contributed by atoms with Crippen LogP contribution >= 0.6 is 0 Å². The summed E-state index contributed by atoms with van der Waals surface area (Å²) in [5, 5.41) is 33.0. The van der Waals surface area contributed by atoms with Crippen LogP contribution in [0.15, 0.2) is 304 Å². The summed E-state index contributed by atoms with van der Waals surface area (Å²) in [5.41, 5.74) is 12.5. The second kappa shape index (κ2) is 18.1. The van der Waals surface area contributed by atoms with Crippen LogP contribution in [0.4, 0.5) is 0 Å². The molecule has 374 valence electrons. The third-order valence-corrected chi connectivity index (χ3v) is 17.1. The molecule has 2 aromatic heterocycles. The van der Waals surface area contributed by atoms with Crippen molar-refractivity contribution in [1.82, 2.24) is 9.13 Å². The number of benzene rings is 12. The minimum absolute atomic E-state index is 0.771. The van der Waals surface area contributed by atoms with Crippen LogP contribution in [0.25, 0.3) is 65.9 Å². The summed E-state index contributed by atoms with van der Waals surface area (Å²) in [6, 6.07) is 101. The minimum Gasteiger partial charge on any atom is -0.376 e. The Balaban J connectivity index is 0.921. The summed E-state index contributed by atoms with van der Waals surface area (Å²) in [6.45, 7) is 0. The first-order chi connectivity index (χ1) is 39.0. The predicted octanol–water partition coefficient (Wildman–Crippen LogP) is 16.8. The van der Waals surface area contributed by atoms with E-state index in [1.54, 1.807) is 0 Å². The molecule has 0 fully saturated rings. The van der Waals surface area contributed by atoms with Gasteiger partial charge in [-0.1, -0.05) is 255 Å². The average molecular weight is 1010 g/mol. The van der Waals surface area contributed by atoms with Crippen LogP contribution in [0.3, 0.4) is 0 Å². The third kappa shape index (κ3) is 6.89. The molecule has 2 unspecified atom stereocenters. The number of fused-ring (bicyclic) bond motifs is 7. The number of para-hydroxylation sites is 2. The van der Waals surface area contributed by atoms with Gasteiger partial charge in [-0.3, -0.25) is 0 Å². The lowest BCUT2D eigenvalue weighted by Crippen LogP contribution is -2.29. The van der Waals surface area contributed by atoms with Gasteiger partial charge in [0.05, 0.1) is 16.4 Å². The van der Waals surface area contributed by atoms with Gasteiger partial charge in [-0.15, -0.1) is 0 Å². The van der Waals surface area contributed by atoms with Crippen molar-refractivity contribution in [3.05, 3.63) is 359 Å². The Labute approximate surface area is 458 Å². The largest absolute Gasteiger partial charge is 0.376 e. The van der Waals surface area contributed by atoms with E-state index in [9.17, 15) is 10.2 Å². The van der Waals surface area contributed by atoms with Crippen LogP contribution in [-0.2, 0) is 16.6 Å². The molecule has 1 aliphatic carbocycles. The van der Waals surface area contributed by atoms with E-state index in [0.29, 0.717) is 0 Å². The normalized spacial score (nSPS) is 14.3. The van der Waals surface area contributed by atoms with Crippen LogP contribution in [0.1, 0.15) is 55.6 Å². The van der Waals surface area contributed by atoms with E-state index < -0.39 is 16.6 Å². The number of rotatable bonds is 10. The molecule has 2 heterocycles. The number of nitrogens with zero attached hydrogens (tertiary/aromatic N) is 2. The zero-order chi connectivity index (χ0) is 52.7. The molecule has 0 amide bonds. The van der Waals surface area contributed by atoms with Gasteiger partial charge in [-0.05, 0) is 114 Å². The minimum atomic E-state index is -1.43. The Kier molecular flexibility index (Phi) is 10.7. The highest BCUT2D eigenvalue weighted by atomic mass is 16.3. The second-order valence-electron chi connectivity index (χ2n) is 21.0. The van der Waals surface area contributed by atoms with Crippen molar-refractivity contribution in [2.24, 2.45) is 0 Å². The van der Waals surface area contributed by atoms with E-state index in [1.165, 1.54) is 33.4 Å². The van der Waals surface area contributed by atoms with Crippen LogP contribution in [0.2, 0.25) is 0 Å². The summed E-state index contributed by atoms with van der Waals surface area (Å²) in [5.74, 6) is 0. The topological polar surface area (TPSA) is 50.3 Å². The fraction of sp³-hybridized carbons (Fsp3) is 0.0400. The molecule has 0 aliphatic heterocycles. The van der Waals surface area contributed by atoms with Gasteiger partial charge in [-0.2, -0.15) is 0 Å². The standard InChI is InChI=1S/C75H52N2O2/c78-74(53-25-3-1-4-26-53,67-37-19-23-51-21-7-9-29-59(51)67)55-41-45-57(46-42-55)76-49-69(63-33-13-17-39-71(63)76)73(65-35-15-11-31-61(65)62-32-12-16-36-66(62)73)70-50-77(72-40-18-14-34-64(70)72)58-47-43-56(44-48-58)75(79,54-27-5-2-6-28-54)68-38-20-24-52-22-8-10-30-60(52)68/h1-50,78-79H. The molecule has 1 aliphatic rings. The van der Waals surface area contributed by atoms with Crippen molar-refractivity contribution in [3.63, 3.8) is 0 Å². The Morgan fingerprint density at radius 2 is 0.595 bits per heavy atom. The van der Waals surface area contributed by atoms with Crippen LogP contribution < -0.4 is 0 Å². The van der Waals surface area contributed by atoms with Crippen LogP contribution in [0.5, 0.6) is 0 Å². The molecule has 15 rings (SSSR count). The first-order valence-electron chi connectivity index (χ1n) is 27.1. The SMILES string of the molecule is OC(c1ccccc1)(c1ccc(-n2cc(C3(c4cn(-c5ccc(C(O)(c6ccccc6)c6cccc7ccccc67)cc5)c5ccccc45)c4ccccc4-c4ccccc43)c3ccccc32)cc1)c1cccc2ccccc12. The quantitative estimate of drug-likeness (QED) is 0.134. The fourth-order valence-corrected chi connectivity index (χ4v) is 13.5. The highest BCUT2D eigenvalue weighted by Gasteiger charge is 2.49. The van der Waals surface area contributed by atoms with Crippen molar-refractivity contribution >= 4 is 43.4 Å². The summed E-state index contributed by atoms with van der Waals surface area (Å²) < 4.78 is 4.67. The Bertz CT molecular complexity index is 4320. The van der Waals surface area contributed by atoms with Crippen molar-refractivity contribution in [2.45, 2.75) is 16.6 Å². The van der Waals surface area contributed by atoms with Gasteiger partial charge in [0.15, 0.2) is 0 Å². The molecule has 0 spiro atoms. The van der Waals surface area contributed by atoms with Crippen molar-refractivity contribution in [2.75, 3.05) is 0 Å². The smallest absolute Gasteiger partial charge is 0.141 e. The zero-order valence-corrected chi connectivity index (χ0v) is 43.2. The maximum atomic E-state index is 13.3. The molecule has 2 N–H and O–H groups in total. The van der Waals surface area contributed by atoms with Gasteiger partial charge in [0, 0.05) is 45.7 Å². The Morgan fingerprint density at radius 1 is 0.266 bits per heavy atom. The van der Waals surface area contributed by atoms with Crippen molar-refractivity contribution in [1.29, 1.82) is 0 Å². The highest BCUT2D eigenvalue weighted by Crippen LogP contribution is 2.59. The molecule has 12 aromatic carbocycles. The molecule has 4 nitrogen and oxygen atoms in total. The molecule has 2 atom stereocenters. The predicted molar refractivity (Wildman–Crippen MR) is 322 cm³/mol. The number of hydrogen-bond donors (Lipinski definition) is 2. The zero-order valence-electron chi connectivity index (χ0n) is 43.2. The third-order valence-electron chi connectivity index (χ3n) is 17.1. The highest BCUT2D eigenvalue weighted by molar-refractivity contribution is 5.99. The van der Waals surface area contributed by atoms with Crippen LogP contribution in [-0.4, -0.2) is 19.3 Å². The van der Waals surface area contributed by atoms with Crippen molar-refractivity contribution < 1.29 is 10.2 Å². The van der Waals surface area contributed by atoms with Gasteiger partial charge in [-0.25, -0.2) is 0 Å². The van der Waals surface area contributed by atoms with Crippen LogP contribution in [0, 0.1) is 0 Å². The maximum absolute atomic E-state index is 13.3. The second-order valence-corrected chi connectivity index (χ2v) is 21.0. The van der Waals surface area contributed by atoms with Crippen molar-refractivity contribution in [3.8, 4) is 22.5 Å². The molecular weight excluding hydrogens is 961 g/mol. The van der Waals surface area contributed by atoms with E-state index >= 15 is 0 Å². The summed E-state index contributed by atoms with van der Waals surface area (Å²) in [7, 11) is 0. The number of aromatic nitrogens is 2. The van der Waals surface area contributed by atoms with E-state index in [4.69, 9.17) is 0 Å². The molecule has 4 heteroatoms. The summed E-state index contributed by atoms with van der Waals surface area (Å²) >= 11 is 0. The first-order valence-corrected chi connectivity index (χ1v) is 27.1. The monoisotopic (exact) mass is 1010 g/mol. The van der Waals surface area contributed by atoms with E-state index in [2.05, 4.69) is 216 Å². The van der Waals surface area contributed by atoms with Gasteiger partial charge in [0.25, 0.3) is 0 Å². The molecular formula is C75H52N2O2. The number of hydrogen-bond acceptors (Lipinski definition) is 2. The summed E-state index contributed by atoms with van der Waals surface area (Å²) in [6.07, 6.45) is 4.73. The van der Waals surface area contributed by atoms with Gasteiger partial charge >= 0.3 is 0 Å². The molecule has 0 saturated heterocycles. The molecule has 0 radical (unpaired) electrons. The Hall–Kier alpha value is -9.84. The lowest BCUT2D eigenvalue weighted by atomic mass is 9.67. The van der Waals surface area contributed by atoms with Gasteiger partial charge < -0.3 is 19.3 Å². The number of aliphatic hydroxyl groups is 2. The molecule has 14 aromatic rings. The molecule has 0 bridgehead atoms. The van der Waals surface area contributed by atoms with E-state index in [1.807, 2.05) is 97.1 Å². The van der Waals surface area contributed by atoms with Gasteiger partial charge in [0.2, 0.25) is 0 Å². The van der Waals surface area contributed by atoms with E-state index in [-0.39, 0.29) is 0 Å². The summed E-state index contributed by atoms with van der Waals surface area (Å²) in [4.78, 5) is 0. The average Bonchev–Trinajstić information content (AvgIpc) is 2.73. The lowest BCUT2D eigenvalue weighted by Gasteiger charge is -2.33. The Morgan fingerprint density at radius 3 is 1.03 bits per heavy atom.